The number of nitrogens with zero attached hydrogens (tertiary/aromatic N) is 2. The van der Waals surface area contributed by atoms with E-state index in [1.54, 1.807) is 6.08 Å². The number of benzene rings is 2. The van der Waals surface area contributed by atoms with Crippen LogP contribution in [0.2, 0.25) is 0 Å². The third-order valence-electron chi connectivity index (χ3n) is 3.96. The van der Waals surface area contributed by atoms with E-state index < -0.39 is 11.6 Å². The zero-order chi connectivity index (χ0) is 19.2. The van der Waals surface area contributed by atoms with E-state index in [2.05, 4.69) is 27.2 Å². The normalized spacial score (nSPS) is 11.4. The number of aromatic nitrogens is 2. The Kier molecular flexibility index (Phi) is 5.76. The molecule has 138 valence electrons. The van der Waals surface area contributed by atoms with Gasteiger partial charge in [0.05, 0.1) is 11.1 Å². The summed E-state index contributed by atoms with van der Waals surface area (Å²) in [5.41, 5.74) is 1.85. The number of hydrogen-bond acceptors (Lipinski definition) is 4. The molecule has 0 saturated heterocycles. The number of hydrogen-bond donors (Lipinski definition) is 2. The maximum absolute atomic E-state index is 14.2. The average Bonchev–Trinajstić information content (AvgIpc) is 2.65. The van der Waals surface area contributed by atoms with Gasteiger partial charge < -0.3 is 10.6 Å². The summed E-state index contributed by atoms with van der Waals surface area (Å²) in [6.45, 7) is 6.90. The zero-order valence-corrected chi connectivity index (χ0v) is 15.0. The fourth-order valence-electron chi connectivity index (χ4n) is 2.68. The van der Waals surface area contributed by atoms with Gasteiger partial charge in [0, 0.05) is 30.2 Å². The predicted octanol–water partition coefficient (Wildman–Crippen LogP) is 4.67. The second kappa shape index (κ2) is 8.40. The molecule has 0 spiro atoms. The Labute approximate surface area is 156 Å². The Morgan fingerprint density at radius 3 is 2.70 bits per heavy atom. The lowest BCUT2D eigenvalue weighted by atomic mass is 10.1. The monoisotopic (exact) mass is 366 g/mol. The lowest BCUT2D eigenvalue weighted by Gasteiger charge is -2.12. The van der Waals surface area contributed by atoms with Crippen LogP contribution in [-0.4, -0.2) is 23.1 Å². The minimum absolute atomic E-state index is 0.160. The Bertz CT molecular complexity index is 999. The van der Waals surface area contributed by atoms with E-state index in [4.69, 9.17) is 0 Å². The maximum Gasteiger partial charge on any atom is 0.165 e. The van der Waals surface area contributed by atoms with Crippen LogP contribution in [0.1, 0.15) is 6.92 Å². The molecule has 0 atom stereocenters. The summed E-state index contributed by atoms with van der Waals surface area (Å²) in [5.74, 6) is -0.511. The van der Waals surface area contributed by atoms with Crippen molar-refractivity contribution in [2.24, 2.45) is 0 Å². The predicted molar refractivity (Wildman–Crippen MR) is 105 cm³/mol. The lowest BCUT2D eigenvalue weighted by molar-refractivity contribution is 0.585. The molecule has 1 aromatic heterocycles. The molecule has 0 aliphatic rings. The van der Waals surface area contributed by atoms with Crippen LogP contribution in [-0.2, 0) is 0 Å². The quantitative estimate of drug-likeness (QED) is 0.471. The highest BCUT2D eigenvalue weighted by Gasteiger charge is 2.13. The van der Waals surface area contributed by atoms with E-state index in [-0.39, 0.29) is 11.4 Å². The van der Waals surface area contributed by atoms with Crippen molar-refractivity contribution in [2.75, 3.05) is 18.4 Å². The average molecular weight is 366 g/mol. The highest BCUT2D eigenvalue weighted by Crippen LogP contribution is 2.26. The zero-order valence-electron chi connectivity index (χ0n) is 15.0. The van der Waals surface area contributed by atoms with Crippen molar-refractivity contribution < 1.29 is 8.78 Å². The van der Waals surface area contributed by atoms with E-state index in [1.807, 2.05) is 37.3 Å². The first-order chi connectivity index (χ1) is 13.1. The van der Waals surface area contributed by atoms with Gasteiger partial charge in [-0.1, -0.05) is 24.8 Å². The minimum Gasteiger partial charge on any atom is -0.387 e. The topological polar surface area (TPSA) is 49.8 Å². The van der Waals surface area contributed by atoms with Crippen molar-refractivity contribution in [1.82, 2.24) is 15.3 Å². The molecule has 0 amide bonds. The molecular weight excluding hydrogens is 346 g/mol. The highest BCUT2D eigenvalue weighted by atomic mass is 19.1. The molecule has 3 rings (SSSR count). The Balaban J connectivity index is 1.89. The number of fused-ring (bicyclic) bond motifs is 1. The van der Waals surface area contributed by atoms with E-state index in [9.17, 15) is 8.78 Å². The van der Waals surface area contributed by atoms with Gasteiger partial charge in [0.15, 0.2) is 5.82 Å². The van der Waals surface area contributed by atoms with Crippen LogP contribution in [0.15, 0.2) is 66.9 Å². The molecule has 0 aliphatic heterocycles. The van der Waals surface area contributed by atoms with Crippen molar-refractivity contribution in [3.8, 4) is 11.4 Å². The van der Waals surface area contributed by atoms with Crippen LogP contribution in [0.25, 0.3) is 22.3 Å². The van der Waals surface area contributed by atoms with Gasteiger partial charge in [0.2, 0.25) is 0 Å². The Morgan fingerprint density at radius 1 is 1.11 bits per heavy atom. The van der Waals surface area contributed by atoms with Gasteiger partial charge in [-0.2, -0.15) is 0 Å². The van der Waals surface area contributed by atoms with Gasteiger partial charge in [-0.05, 0) is 37.3 Å². The number of anilines is 1. The first kappa shape index (κ1) is 18.5. The van der Waals surface area contributed by atoms with Gasteiger partial charge in [-0.25, -0.2) is 18.7 Å². The summed E-state index contributed by atoms with van der Waals surface area (Å²) in [7, 11) is 0. The number of para-hydroxylation sites is 1. The van der Waals surface area contributed by atoms with Crippen LogP contribution in [0.3, 0.4) is 0 Å². The minimum atomic E-state index is -0.692. The molecule has 0 fully saturated rings. The summed E-state index contributed by atoms with van der Waals surface area (Å²) >= 11 is 0. The number of allylic oxidation sites excluding steroid dienone is 3. The fraction of sp³-hybridized carbons (Fsp3) is 0.143. The summed E-state index contributed by atoms with van der Waals surface area (Å²) in [6.07, 6.45) is 3.60. The molecule has 0 aliphatic carbocycles. The largest absolute Gasteiger partial charge is 0.387 e. The summed E-state index contributed by atoms with van der Waals surface area (Å²) in [4.78, 5) is 8.90. The molecular formula is C21H20F2N4. The van der Waals surface area contributed by atoms with Crippen molar-refractivity contribution in [2.45, 2.75) is 6.92 Å². The molecule has 1 heterocycles. The Morgan fingerprint density at radius 2 is 1.93 bits per heavy atom. The van der Waals surface area contributed by atoms with Gasteiger partial charge in [-0.3, -0.25) is 0 Å². The maximum atomic E-state index is 14.2. The third kappa shape index (κ3) is 4.47. The molecule has 2 aromatic carbocycles. The smallest absolute Gasteiger partial charge is 0.165 e. The summed E-state index contributed by atoms with van der Waals surface area (Å²) in [6, 6.07) is 10.9. The first-order valence-corrected chi connectivity index (χ1v) is 8.58. The molecule has 2 N–H and O–H groups in total. The number of halogens is 2. The number of nitrogens with one attached hydrogen (secondary N) is 2. The number of rotatable bonds is 7. The van der Waals surface area contributed by atoms with E-state index in [0.29, 0.717) is 24.4 Å². The second-order valence-corrected chi connectivity index (χ2v) is 5.98. The van der Waals surface area contributed by atoms with Crippen LogP contribution in [0, 0.1) is 11.6 Å². The second-order valence-electron chi connectivity index (χ2n) is 5.98. The van der Waals surface area contributed by atoms with Crippen LogP contribution in [0.4, 0.5) is 14.6 Å². The molecule has 0 unspecified atom stereocenters. The first-order valence-electron chi connectivity index (χ1n) is 8.58. The molecule has 6 heteroatoms. The molecule has 27 heavy (non-hydrogen) atoms. The third-order valence-corrected chi connectivity index (χ3v) is 3.96. The molecule has 0 radical (unpaired) electrons. The SMILES string of the molecule is C=C/C=C(\C)NCCNc1nc(-c2ccc(F)cc2F)nc2ccccc12. The molecule has 3 aromatic rings. The Hall–Kier alpha value is -3.28. The van der Waals surface area contributed by atoms with Gasteiger partial charge in [0.25, 0.3) is 0 Å². The lowest BCUT2D eigenvalue weighted by Crippen LogP contribution is -2.21. The van der Waals surface area contributed by atoms with Crippen molar-refractivity contribution in [3.05, 3.63) is 78.5 Å². The van der Waals surface area contributed by atoms with Crippen molar-refractivity contribution in [3.63, 3.8) is 0 Å². The van der Waals surface area contributed by atoms with E-state index in [0.717, 1.165) is 17.1 Å². The van der Waals surface area contributed by atoms with Crippen LogP contribution in [0.5, 0.6) is 0 Å². The van der Waals surface area contributed by atoms with E-state index >= 15 is 0 Å². The van der Waals surface area contributed by atoms with Gasteiger partial charge in [-0.15, -0.1) is 0 Å². The summed E-state index contributed by atoms with van der Waals surface area (Å²) < 4.78 is 27.4. The standard InChI is InChI=1S/C21H20F2N4/c1-3-6-14(2)24-11-12-25-20-17-7-4-5-8-19(17)26-21(27-20)16-10-9-15(22)13-18(16)23/h3-10,13,24H,1,11-12H2,2H3,(H,25,26,27)/b14-6+. The molecule has 0 bridgehead atoms. The van der Waals surface area contributed by atoms with Crippen LogP contribution < -0.4 is 10.6 Å². The van der Waals surface area contributed by atoms with E-state index in [1.165, 1.54) is 12.1 Å². The summed E-state index contributed by atoms with van der Waals surface area (Å²) in [5, 5.41) is 7.34. The van der Waals surface area contributed by atoms with Crippen LogP contribution >= 0.6 is 0 Å². The van der Waals surface area contributed by atoms with Gasteiger partial charge >= 0.3 is 0 Å². The van der Waals surface area contributed by atoms with Gasteiger partial charge in [0.1, 0.15) is 17.5 Å². The molecule has 4 nitrogen and oxygen atoms in total. The molecule has 0 saturated carbocycles. The van der Waals surface area contributed by atoms with Crippen molar-refractivity contribution >= 4 is 16.7 Å². The highest BCUT2D eigenvalue weighted by molar-refractivity contribution is 5.90. The van der Waals surface area contributed by atoms with Crippen molar-refractivity contribution in [1.29, 1.82) is 0 Å². The fourth-order valence-corrected chi connectivity index (χ4v) is 2.68.